The van der Waals surface area contributed by atoms with Crippen LogP contribution in [0.15, 0.2) is 35.8 Å². The Kier molecular flexibility index (Phi) is 3.81. The molecule has 0 amide bonds. The molecule has 21 heavy (non-hydrogen) atoms. The van der Waals surface area contributed by atoms with Gasteiger partial charge in [0, 0.05) is 28.6 Å². The summed E-state index contributed by atoms with van der Waals surface area (Å²) in [6, 6.07) is 6.09. The topological polar surface area (TPSA) is 61.8 Å². The zero-order valence-corrected chi connectivity index (χ0v) is 12.2. The Balaban J connectivity index is 1.86. The van der Waals surface area contributed by atoms with Crippen molar-refractivity contribution in [3.05, 3.63) is 57.9 Å². The van der Waals surface area contributed by atoms with Crippen LogP contribution in [0.4, 0.5) is 4.39 Å². The second-order valence-corrected chi connectivity index (χ2v) is 5.75. The number of aromatic nitrogens is 3. The van der Waals surface area contributed by atoms with E-state index >= 15 is 0 Å². The molecule has 3 rings (SSSR count). The van der Waals surface area contributed by atoms with E-state index in [1.807, 2.05) is 12.3 Å². The minimum Gasteiger partial charge on any atom is -0.388 e. The molecule has 1 unspecified atom stereocenters. The van der Waals surface area contributed by atoms with E-state index in [0.717, 1.165) is 16.3 Å². The van der Waals surface area contributed by atoms with Crippen LogP contribution in [0.25, 0.3) is 11.3 Å². The number of aliphatic hydroxyl groups excluding tert-OH is 1. The lowest BCUT2D eigenvalue weighted by Crippen LogP contribution is -2.02. The highest BCUT2D eigenvalue weighted by Crippen LogP contribution is 2.28. The molecule has 108 valence electrons. The van der Waals surface area contributed by atoms with E-state index in [2.05, 4.69) is 15.2 Å². The summed E-state index contributed by atoms with van der Waals surface area (Å²) in [5.74, 6) is -0.293. The number of nitrogens with zero attached hydrogens (tertiary/aromatic N) is 2. The molecule has 1 aromatic carbocycles. The summed E-state index contributed by atoms with van der Waals surface area (Å²) in [5.41, 5.74) is 3.14. The molecule has 0 saturated carbocycles. The van der Waals surface area contributed by atoms with Gasteiger partial charge in [-0.3, -0.25) is 5.10 Å². The molecule has 0 aliphatic rings. The van der Waals surface area contributed by atoms with Gasteiger partial charge in [0.2, 0.25) is 0 Å². The van der Waals surface area contributed by atoms with Crippen molar-refractivity contribution in [2.24, 2.45) is 0 Å². The third-order valence-corrected chi connectivity index (χ3v) is 4.18. The fourth-order valence-corrected chi connectivity index (χ4v) is 2.98. The van der Waals surface area contributed by atoms with E-state index in [1.54, 1.807) is 18.3 Å². The first kappa shape index (κ1) is 13.9. The first-order valence-corrected chi connectivity index (χ1v) is 7.39. The Labute approximate surface area is 125 Å². The van der Waals surface area contributed by atoms with E-state index in [1.165, 1.54) is 23.5 Å². The molecule has 0 aliphatic carbocycles. The molecule has 0 bridgehead atoms. The summed E-state index contributed by atoms with van der Waals surface area (Å²) >= 11 is 1.53. The average Bonchev–Trinajstić information content (AvgIpc) is 3.09. The van der Waals surface area contributed by atoms with Crippen molar-refractivity contribution in [3.8, 4) is 11.3 Å². The Morgan fingerprint density at radius 2 is 2.10 bits per heavy atom. The first-order chi connectivity index (χ1) is 10.1. The van der Waals surface area contributed by atoms with Gasteiger partial charge < -0.3 is 5.11 Å². The van der Waals surface area contributed by atoms with E-state index in [9.17, 15) is 9.50 Å². The minimum atomic E-state index is -0.700. The van der Waals surface area contributed by atoms with Crippen LogP contribution < -0.4 is 0 Å². The molecule has 6 heteroatoms. The number of hydrogen-bond donors (Lipinski definition) is 2. The second-order valence-electron chi connectivity index (χ2n) is 4.81. The van der Waals surface area contributed by atoms with Crippen molar-refractivity contribution in [2.75, 3.05) is 0 Å². The maximum absolute atomic E-state index is 13.0. The lowest BCUT2D eigenvalue weighted by molar-refractivity contribution is 0.179. The van der Waals surface area contributed by atoms with Crippen LogP contribution in [0.3, 0.4) is 0 Å². The molecular formula is C15H14FN3OS. The zero-order chi connectivity index (χ0) is 14.8. The van der Waals surface area contributed by atoms with Crippen molar-refractivity contribution in [3.63, 3.8) is 0 Å². The monoisotopic (exact) mass is 303 g/mol. The zero-order valence-electron chi connectivity index (χ0n) is 11.4. The number of hydrogen-bond acceptors (Lipinski definition) is 4. The van der Waals surface area contributed by atoms with Crippen LogP contribution in [0.1, 0.15) is 22.4 Å². The predicted molar refractivity (Wildman–Crippen MR) is 79.5 cm³/mol. The number of rotatable bonds is 4. The van der Waals surface area contributed by atoms with E-state index < -0.39 is 6.10 Å². The van der Waals surface area contributed by atoms with Crippen molar-refractivity contribution in [1.29, 1.82) is 0 Å². The summed E-state index contributed by atoms with van der Waals surface area (Å²) in [6.07, 6.45) is 1.34. The molecule has 4 nitrogen and oxygen atoms in total. The normalized spacial score (nSPS) is 12.5. The van der Waals surface area contributed by atoms with Gasteiger partial charge in [-0.1, -0.05) is 0 Å². The number of halogens is 1. The molecule has 2 N–H and O–H groups in total. The fourth-order valence-electron chi connectivity index (χ4n) is 2.17. The standard InChI is InChI=1S/C15H14FN3OS/c1-9-8-21-14(18-9)6-13(20)12-7-17-19-15(12)10-2-4-11(16)5-3-10/h2-5,7-8,13,20H,6H2,1H3,(H,17,19). The summed E-state index contributed by atoms with van der Waals surface area (Å²) in [6.45, 7) is 1.92. The third kappa shape index (κ3) is 3.01. The predicted octanol–water partition coefficient (Wildman–Crippen LogP) is 3.26. The van der Waals surface area contributed by atoms with Crippen LogP contribution >= 0.6 is 11.3 Å². The fraction of sp³-hybridized carbons (Fsp3) is 0.200. The third-order valence-electron chi connectivity index (χ3n) is 3.20. The molecule has 2 aromatic heterocycles. The summed E-state index contributed by atoms with van der Waals surface area (Å²) < 4.78 is 13.0. The van der Waals surface area contributed by atoms with Crippen molar-refractivity contribution < 1.29 is 9.50 Å². The molecule has 0 spiro atoms. The summed E-state index contributed by atoms with van der Waals surface area (Å²) in [7, 11) is 0. The van der Waals surface area contributed by atoms with Gasteiger partial charge in [0.05, 0.1) is 23.0 Å². The van der Waals surface area contributed by atoms with Gasteiger partial charge in [0.25, 0.3) is 0 Å². The number of nitrogens with one attached hydrogen (secondary N) is 1. The van der Waals surface area contributed by atoms with Crippen LogP contribution in [0, 0.1) is 12.7 Å². The van der Waals surface area contributed by atoms with Gasteiger partial charge in [-0.2, -0.15) is 5.10 Å². The Hall–Kier alpha value is -2.05. The molecule has 0 fully saturated rings. The van der Waals surface area contributed by atoms with Gasteiger partial charge in [-0.25, -0.2) is 9.37 Å². The Morgan fingerprint density at radius 1 is 1.33 bits per heavy atom. The van der Waals surface area contributed by atoms with E-state index in [-0.39, 0.29) is 5.82 Å². The molecule has 1 atom stereocenters. The second kappa shape index (κ2) is 5.75. The highest BCUT2D eigenvalue weighted by molar-refractivity contribution is 7.09. The van der Waals surface area contributed by atoms with Crippen LogP contribution in [-0.2, 0) is 6.42 Å². The average molecular weight is 303 g/mol. The number of benzene rings is 1. The maximum Gasteiger partial charge on any atom is 0.123 e. The number of aliphatic hydroxyl groups is 1. The SMILES string of the molecule is Cc1csc(CC(O)c2cn[nH]c2-c2ccc(F)cc2)n1. The molecule has 0 radical (unpaired) electrons. The largest absolute Gasteiger partial charge is 0.388 e. The van der Waals surface area contributed by atoms with Crippen LogP contribution in [-0.4, -0.2) is 20.3 Å². The van der Waals surface area contributed by atoms with Crippen molar-refractivity contribution >= 4 is 11.3 Å². The highest BCUT2D eigenvalue weighted by atomic mass is 32.1. The Bertz CT molecular complexity index is 735. The number of aromatic amines is 1. The van der Waals surface area contributed by atoms with Gasteiger partial charge in [0.15, 0.2) is 0 Å². The lowest BCUT2D eigenvalue weighted by atomic mass is 10.0. The number of H-pyrrole nitrogens is 1. The highest BCUT2D eigenvalue weighted by Gasteiger charge is 2.17. The van der Waals surface area contributed by atoms with Gasteiger partial charge in [0.1, 0.15) is 5.82 Å². The lowest BCUT2D eigenvalue weighted by Gasteiger charge is -2.09. The van der Waals surface area contributed by atoms with Crippen molar-refractivity contribution in [1.82, 2.24) is 15.2 Å². The summed E-state index contributed by atoms with van der Waals surface area (Å²) in [5, 5.41) is 20.1. The number of thiazole rings is 1. The van der Waals surface area contributed by atoms with Gasteiger partial charge in [-0.15, -0.1) is 11.3 Å². The van der Waals surface area contributed by atoms with Gasteiger partial charge >= 0.3 is 0 Å². The Morgan fingerprint density at radius 3 is 2.76 bits per heavy atom. The molecule has 0 saturated heterocycles. The van der Waals surface area contributed by atoms with Crippen LogP contribution in [0.5, 0.6) is 0 Å². The van der Waals surface area contributed by atoms with Crippen LogP contribution in [0.2, 0.25) is 0 Å². The van der Waals surface area contributed by atoms with Crippen molar-refractivity contribution in [2.45, 2.75) is 19.4 Å². The summed E-state index contributed by atoms with van der Waals surface area (Å²) in [4.78, 5) is 4.35. The first-order valence-electron chi connectivity index (χ1n) is 6.52. The van der Waals surface area contributed by atoms with E-state index in [4.69, 9.17) is 0 Å². The minimum absolute atomic E-state index is 0.293. The number of aryl methyl sites for hydroxylation is 1. The molecular weight excluding hydrogens is 289 g/mol. The van der Waals surface area contributed by atoms with E-state index in [0.29, 0.717) is 17.7 Å². The quantitative estimate of drug-likeness (QED) is 0.777. The molecule has 0 aliphatic heterocycles. The smallest absolute Gasteiger partial charge is 0.123 e. The van der Waals surface area contributed by atoms with Gasteiger partial charge in [-0.05, 0) is 31.2 Å². The molecule has 3 aromatic rings. The maximum atomic E-state index is 13.0. The molecule has 2 heterocycles.